The third-order valence-electron chi connectivity index (χ3n) is 1.85. The van der Waals surface area contributed by atoms with Gasteiger partial charge in [-0.1, -0.05) is 6.92 Å². The summed E-state index contributed by atoms with van der Waals surface area (Å²) >= 11 is 0. The molecular formula is C8H11BN2O. The Labute approximate surface area is 73.5 Å². The molecule has 1 atom stereocenters. The maximum atomic E-state index is 11.0. The summed E-state index contributed by atoms with van der Waals surface area (Å²) in [7, 11) is 5.45. The summed E-state index contributed by atoms with van der Waals surface area (Å²) in [5, 5.41) is 5.24. The zero-order valence-corrected chi connectivity index (χ0v) is 7.16. The minimum absolute atomic E-state index is 0.124. The lowest BCUT2D eigenvalue weighted by molar-refractivity contribution is -0.129. The van der Waals surface area contributed by atoms with Crippen molar-refractivity contribution in [3.8, 4) is 0 Å². The van der Waals surface area contributed by atoms with Crippen molar-refractivity contribution < 1.29 is 4.79 Å². The number of hydrogen-bond donors (Lipinski definition) is 0. The van der Waals surface area contributed by atoms with E-state index in [0.717, 1.165) is 6.42 Å². The van der Waals surface area contributed by atoms with Crippen LogP contribution in [0.15, 0.2) is 16.8 Å². The van der Waals surface area contributed by atoms with Crippen LogP contribution >= 0.6 is 0 Å². The smallest absolute Gasteiger partial charge is 0.157 e. The molecule has 0 aromatic heterocycles. The standard InChI is InChI=1S/C8H11BN2O/c1-6(9)5-11(10-2)7-3-4-8(7)12/h5,7H,2-4H2,1H3/b6-5+. The van der Waals surface area contributed by atoms with Crippen LogP contribution < -0.4 is 0 Å². The van der Waals surface area contributed by atoms with Gasteiger partial charge in [-0.15, -0.1) is 5.47 Å². The van der Waals surface area contributed by atoms with Gasteiger partial charge in [-0.2, -0.15) is 5.10 Å². The van der Waals surface area contributed by atoms with Gasteiger partial charge < -0.3 is 0 Å². The number of rotatable bonds is 3. The summed E-state index contributed by atoms with van der Waals surface area (Å²) in [6, 6.07) is -0.124. The number of ketones is 1. The Balaban J connectivity index is 2.62. The fourth-order valence-corrected chi connectivity index (χ4v) is 1.11. The van der Waals surface area contributed by atoms with Crippen molar-refractivity contribution in [2.75, 3.05) is 0 Å². The van der Waals surface area contributed by atoms with Gasteiger partial charge in [0.05, 0.1) is 0 Å². The average molecular weight is 162 g/mol. The van der Waals surface area contributed by atoms with Crippen LogP contribution in [-0.4, -0.2) is 31.4 Å². The van der Waals surface area contributed by atoms with Gasteiger partial charge in [-0.05, 0) is 6.42 Å². The second-order valence-corrected chi connectivity index (χ2v) is 2.92. The molecule has 1 aliphatic carbocycles. The maximum Gasteiger partial charge on any atom is 0.157 e. The fraction of sp³-hybridized carbons (Fsp3) is 0.500. The van der Waals surface area contributed by atoms with E-state index in [0.29, 0.717) is 11.9 Å². The molecule has 0 aliphatic heterocycles. The van der Waals surface area contributed by atoms with E-state index in [4.69, 9.17) is 7.85 Å². The Hall–Kier alpha value is -1.06. The first-order valence-corrected chi connectivity index (χ1v) is 3.86. The fourth-order valence-electron chi connectivity index (χ4n) is 1.11. The van der Waals surface area contributed by atoms with Crippen LogP contribution in [0.1, 0.15) is 19.8 Å². The summed E-state index contributed by atoms with van der Waals surface area (Å²) in [4.78, 5) is 11.0. The third-order valence-corrected chi connectivity index (χ3v) is 1.85. The van der Waals surface area contributed by atoms with E-state index in [9.17, 15) is 4.79 Å². The van der Waals surface area contributed by atoms with Crippen molar-refractivity contribution in [2.45, 2.75) is 25.8 Å². The molecule has 0 heterocycles. The predicted octanol–water partition coefficient (Wildman–Crippen LogP) is 0.665. The molecule has 0 N–H and O–H groups in total. The van der Waals surface area contributed by atoms with Crippen LogP contribution in [-0.2, 0) is 4.79 Å². The van der Waals surface area contributed by atoms with Gasteiger partial charge >= 0.3 is 0 Å². The number of carbonyl (C=O) groups is 1. The van der Waals surface area contributed by atoms with Crippen LogP contribution in [0.4, 0.5) is 0 Å². The first-order valence-electron chi connectivity index (χ1n) is 3.86. The number of Topliss-reactive ketones (excluding diaryl/α,β-unsaturated/α-hetero) is 1. The summed E-state index contributed by atoms with van der Waals surface area (Å²) < 4.78 is 0. The van der Waals surface area contributed by atoms with Gasteiger partial charge in [0.2, 0.25) is 0 Å². The maximum absolute atomic E-state index is 11.0. The van der Waals surface area contributed by atoms with Gasteiger partial charge in [-0.3, -0.25) is 9.80 Å². The monoisotopic (exact) mass is 162 g/mol. The number of hydrogen-bond acceptors (Lipinski definition) is 3. The lowest BCUT2D eigenvalue weighted by atomic mass is 9.90. The molecule has 1 fully saturated rings. The van der Waals surface area contributed by atoms with E-state index >= 15 is 0 Å². The van der Waals surface area contributed by atoms with Gasteiger partial charge in [0.25, 0.3) is 0 Å². The summed E-state index contributed by atoms with van der Waals surface area (Å²) in [6.07, 6.45) is 3.13. The Morgan fingerprint density at radius 1 is 1.92 bits per heavy atom. The SMILES string of the molecule is [B]/C(C)=C/N(N=C)C1CCC1=O. The number of allylic oxidation sites excluding steroid dienone is 1. The molecule has 1 unspecified atom stereocenters. The first kappa shape index (κ1) is 9.04. The molecule has 1 rings (SSSR count). The van der Waals surface area contributed by atoms with Gasteiger partial charge in [0.1, 0.15) is 13.9 Å². The van der Waals surface area contributed by atoms with Crippen molar-refractivity contribution in [1.82, 2.24) is 5.01 Å². The summed E-state index contributed by atoms with van der Waals surface area (Å²) in [5.41, 5.74) is 0.627. The molecule has 62 valence electrons. The lowest BCUT2D eigenvalue weighted by Gasteiger charge is -2.31. The molecule has 0 bridgehead atoms. The highest BCUT2D eigenvalue weighted by Crippen LogP contribution is 2.21. The van der Waals surface area contributed by atoms with Gasteiger partial charge in [0.15, 0.2) is 5.78 Å². The molecule has 1 aliphatic rings. The van der Waals surface area contributed by atoms with Crippen molar-refractivity contribution >= 4 is 20.3 Å². The van der Waals surface area contributed by atoms with Crippen molar-refractivity contribution in [3.05, 3.63) is 11.7 Å². The van der Waals surface area contributed by atoms with Crippen molar-refractivity contribution in [1.29, 1.82) is 0 Å². The number of nitrogens with zero attached hydrogens (tertiary/aromatic N) is 2. The Morgan fingerprint density at radius 3 is 2.83 bits per heavy atom. The number of carbonyl (C=O) groups excluding carboxylic acids is 1. The minimum atomic E-state index is -0.124. The van der Waals surface area contributed by atoms with Crippen LogP contribution in [0.5, 0.6) is 0 Å². The normalized spacial score (nSPS) is 23.2. The molecule has 0 amide bonds. The van der Waals surface area contributed by atoms with Crippen molar-refractivity contribution in [3.63, 3.8) is 0 Å². The van der Waals surface area contributed by atoms with Crippen LogP contribution in [0.2, 0.25) is 0 Å². The highest BCUT2D eigenvalue weighted by atomic mass is 16.1. The van der Waals surface area contributed by atoms with E-state index in [2.05, 4.69) is 11.8 Å². The third kappa shape index (κ3) is 1.75. The molecule has 4 heteroatoms. The van der Waals surface area contributed by atoms with Gasteiger partial charge in [-0.25, -0.2) is 0 Å². The lowest BCUT2D eigenvalue weighted by Crippen LogP contribution is -2.42. The highest BCUT2D eigenvalue weighted by molar-refractivity contribution is 6.21. The molecule has 3 nitrogen and oxygen atoms in total. The minimum Gasteiger partial charge on any atom is -0.297 e. The molecule has 0 saturated heterocycles. The Kier molecular flexibility index (Phi) is 2.68. The van der Waals surface area contributed by atoms with Crippen LogP contribution in [0.3, 0.4) is 0 Å². The zero-order chi connectivity index (χ0) is 9.14. The molecule has 0 aromatic carbocycles. The first-order chi connectivity index (χ1) is 5.65. The molecule has 1 saturated carbocycles. The Bertz CT molecular complexity index is 233. The van der Waals surface area contributed by atoms with Crippen LogP contribution in [0.25, 0.3) is 0 Å². The van der Waals surface area contributed by atoms with Gasteiger partial charge in [0, 0.05) is 19.3 Å². The topological polar surface area (TPSA) is 32.7 Å². The quantitative estimate of drug-likeness (QED) is 0.347. The molecule has 2 radical (unpaired) electrons. The molecule has 0 spiro atoms. The largest absolute Gasteiger partial charge is 0.297 e. The van der Waals surface area contributed by atoms with E-state index in [-0.39, 0.29) is 11.8 Å². The molecular weight excluding hydrogens is 151 g/mol. The van der Waals surface area contributed by atoms with Crippen LogP contribution in [0, 0.1) is 0 Å². The second kappa shape index (κ2) is 3.56. The second-order valence-electron chi connectivity index (χ2n) is 2.92. The number of hydrazone groups is 1. The van der Waals surface area contributed by atoms with E-state index in [1.165, 1.54) is 5.01 Å². The van der Waals surface area contributed by atoms with E-state index in [1.807, 2.05) is 0 Å². The predicted molar refractivity (Wildman–Crippen MR) is 48.9 cm³/mol. The van der Waals surface area contributed by atoms with E-state index < -0.39 is 0 Å². The summed E-state index contributed by atoms with van der Waals surface area (Å²) in [6.45, 7) is 5.13. The Morgan fingerprint density at radius 2 is 2.58 bits per heavy atom. The molecule has 12 heavy (non-hydrogen) atoms. The summed E-state index contributed by atoms with van der Waals surface area (Å²) in [5.74, 6) is 0.208. The average Bonchev–Trinajstić information content (AvgIpc) is 1.99. The van der Waals surface area contributed by atoms with E-state index in [1.54, 1.807) is 13.1 Å². The van der Waals surface area contributed by atoms with Crippen molar-refractivity contribution in [2.24, 2.45) is 5.10 Å². The molecule has 0 aromatic rings. The highest BCUT2D eigenvalue weighted by Gasteiger charge is 2.32. The zero-order valence-electron chi connectivity index (χ0n) is 7.16.